The number of hydrogen-bond donors (Lipinski definition) is 3. The second-order valence-corrected chi connectivity index (χ2v) is 11.3. The van der Waals surface area contributed by atoms with E-state index in [2.05, 4.69) is 16.0 Å². The number of carbonyl (C=O) groups is 5. The van der Waals surface area contributed by atoms with Crippen molar-refractivity contribution in [2.24, 2.45) is 0 Å². The topological polar surface area (TPSA) is 177 Å². The van der Waals surface area contributed by atoms with Crippen LogP contribution in [0.25, 0.3) is 0 Å². The average Bonchev–Trinajstić information content (AvgIpc) is 3.12. The first-order valence-electron chi connectivity index (χ1n) is 16.7. The fourth-order valence-electron chi connectivity index (χ4n) is 4.46. The number of nitrogens with one attached hydrogen (secondary N) is 3. The maximum atomic E-state index is 13.1. The number of amides is 3. The number of urea groups is 1. The molecule has 2 atom stereocenters. The molecule has 0 aromatic heterocycles. The van der Waals surface area contributed by atoms with Crippen molar-refractivity contribution >= 4 is 29.7 Å². The van der Waals surface area contributed by atoms with Crippen LogP contribution in [0.5, 0.6) is 11.5 Å². The molecule has 0 heterocycles. The van der Waals surface area contributed by atoms with Crippen molar-refractivity contribution < 1.29 is 52.4 Å². The molecule has 276 valence electrons. The molecular formula is C36H51N3O11. The van der Waals surface area contributed by atoms with Gasteiger partial charge in [0.05, 0.1) is 33.5 Å². The van der Waals surface area contributed by atoms with Crippen molar-refractivity contribution in [1.82, 2.24) is 16.0 Å². The number of methoxy groups -OCH3 is 2. The summed E-state index contributed by atoms with van der Waals surface area (Å²) in [5, 5.41) is 7.92. The lowest BCUT2D eigenvalue weighted by molar-refractivity contribution is -0.148. The van der Waals surface area contributed by atoms with Gasteiger partial charge in [-0.25, -0.2) is 9.59 Å². The number of benzene rings is 2. The highest BCUT2D eigenvalue weighted by atomic mass is 16.5. The van der Waals surface area contributed by atoms with Gasteiger partial charge in [0.2, 0.25) is 5.91 Å². The van der Waals surface area contributed by atoms with E-state index in [1.54, 1.807) is 62.8 Å². The first-order valence-corrected chi connectivity index (χ1v) is 16.7. The van der Waals surface area contributed by atoms with Gasteiger partial charge in [0.25, 0.3) is 0 Å². The summed E-state index contributed by atoms with van der Waals surface area (Å²) >= 11 is 0. The minimum atomic E-state index is -1.20. The second kappa shape index (κ2) is 24.4. The molecule has 50 heavy (non-hydrogen) atoms. The summed E-state index contributed by atoms with van der Waals surface area (Å²) in [5.74, 6) is -0.548. The molecule has 0 saturated carbocycles. The van der Waals surface area contributed by atoms with Gasteiger partial charge in [-0.1, -0.05) is 31.2 Å². The Balaban J connectivity index is 1.87. The van der Waals surface area contributed by atoms with Crippen molar-refractivity contribution in [2.45, 2.75) is 77.7 Å². The first-order chi connectivity index (χ1) is 24.1. The van der Waals surface area contributed by atoms with Crippen LogP contribution in [0.1, 0.15) is 63.5 Å². The smallest absolute Gasteiger partial charge is 0.329 e. The second-order valence-electron chi connectivity index (χ2n) is 11.3. The fraction of sp³-hybridized carbons (Fsp3) is 0.528. The normalized spacial score (nSPS) is 11.8. The summed E-state index contributed by atoms with van der Waals surface area (Å²) in [6, 6.07) is 11.1. The molecule has 3 amide bonds. The van der Waals surface area contributed by atoms with Crippen LogP contribution in [0.2, 0.25) is 0 Å². The monoisotopic (exact) mass is 701 g/mol. The van der Waals surface area contributed by atoms with Crippen molar-refractivity contribution in [2.75, 3.05) is 47.2 Å². The Labute approximate surface area is 293 Å². The van der Waals surface area contributed by atoms with Gasteiger partial charge < -0.3 is 44.4 Å². The first kappa shape index (κ1) is 41.5. The van der Waals surface area contributed by atoms with E-state index in [1.807, 2.05) is 6.92 Å². The summed E-state index contributed by atoms with van der Waals surface area (Å²) in [5.41, 5.74) is 1.45. The molecule has 14 heteroatoms. The zero-order chi connectivity index (χ0) is 36.6. The molecule has 0 aliphatic heterocycles. The molecule has 0 aliphatic rings. The van der Waals surface area contributed by atoms with Crippen LogP contribution >= 0.6 is 0 Å². The Hall–Kier alpha value is -4.69. The number of Topliss-reactive ketones (excluding diaryl/α,β-unsaturated/α-hetero) is 1. The van der Waals surface area contributed by atoms with E-state index < -0.39 is 30.1 Å². The number of ketones is 1. The van der Waals surface area contributed by atoms with Crippen molar-refractivity contribution in [3.8, 4) is 11.5 Å². The van der Waals surface area contributed by atoms with E-state index >= 15 is 0 Å². The van der Waals surface area contributed by atoms with E-state index in [4.69, 9.17) is 28.4 Å². The van der Waals surface area contributed by atoms with Crippen molar-refractivity contribution in [1.29, 1.82) is 0 Å². The Morgan fingerprint density at radius 2 is 1.28 bits per heavy atom. The SMILES string of the molecule is CCCOCCOCC(=O)NCCCC[C@H](NC(=O)N[C@@H](CCC(=O)OCc1ccc(OC)cc1)C(=O)OCc1ccc(OC)cc1)C(C)=O. The summed E-state index contributed by atoms with van der Waals surface area (Å²) in [4.78, 5) is 62.9. The maximum absolute atomic E-state index is 13.1. The van der Waals surface area contributed by atoms with Gasteiger partial charge >= 0.3 is 18.0 Å². The Bertz CT molecular complexity index is 1320. The van der Waals surface area contributed by atoms with Gasteiger partial charge in [-0.2, -0.15) is 0 Å². The van der Waals surface area contributed by atoms with Crippen LogP contribution in [-0.2, 0) is 51.3 Å². The van der Waals surface area contributed by atoms with E-state index in [1.165, 1.54) is 6.92 Å². The zero-order valence-corrected chi connectivity index (χ0v) is 29.5. The summed E-state index contributed by atoms with van der Waals surface area (Å²) in [7, 11) is 3.09. The van der Waals surface area contributed by atoms with E-state index in [0.29, 0.717) is 62.7 Å². The predicted octanol–water partition coefficient (Wildman–Crippen LogP) is 3.63. The number of hydrogen-bond acceptors (Lipinski definition) is 11. The van der Waals surface area contributed by atoms with E-state index in [0.717, 1.165) is 12.0 Å². The third kappa shape index (κ3) is 17.6. The lowest BCUT2D eigenvalue weighted by Gasteiger charge is -2.21. The summed E-state index contributed by atoms with van der Waals surface area (Å²) in [6.45, 7) is 5.03. The summed E-state index contributed by atoms with van der Waals surface area (Å²) < 4.78 is 31.6. The number of esters is 2. The van der Waals surface area contributed by atoms with Crippen molar-refractivity contribution in [3.63, 3.8) is 0 Å². The van der Waals surface area contributed by atoms with Crippen LogP contribution in [0.3, 0.4) is 0 Å². The molecule has 0 aliphatic carbocycles. The van der Waals surface area contributed by atoms with Gasteiger partial charge in [0.15, 0.2) is 5.78 Å². The average molecular weight is 702 g/mol. The highest BCUT2D eigenvalue weighted by molar-refractivity contribution is 5.89. The number of unbranched alkanes of at least 4 members (excludes halogenated alkanes) is 1. The third-order valence-corrected chi connectivity index (χ3v) is 7.32. The Morgan fingerprint density at radius 1 is 0.700 bits per heavy atom. The van der Waals surface area contributed by atoms with Crippen LogP contribution in [-0.4, -0.2) is 88.9 Å². The lowest BCUT2D eigenvalue weighted by Crippen LogP contribution is -2.51. The molecule has 0 bridgehead atoms. The van der Waals surface area contributed by atoms with Gasteiger partial charge in [-0.15, -0.1) is 0 Å². The predicted molar refractivity (Wildman–Crippen MR) is 184 cm³/mol. The number of rotatable bonds is 25. The highest BCUT2D eigenvalue weighted by Crippen LogP contribution is 2.14. The van der Waals surface area contributed by atoms with Gasteiger partial charge in [0, 0.05) is 19.6 Å². The molecule has 0 spiro atoms. The number of carbonyl (C=O) groups excluding carboxylic acids is 5. The minimum absolute atomic E-state index is 0.0234. The van der Waals surface area contributed by atoms with Gasteiger partial charge in [0.1, 0.15) is 37.4 Å². The molecule has 2 aromatic rings. The molecule has 3 N–H and O–H groups in total. The summed E-state index contributed by atoms with van der Waals surface area (Å²) in [6.07, 6.45) is 2.04. The largest absolute Gasteiger partial charge is 0.497 e. The van der Waals surface area contributed by atoms with Gasteiger partial charge in [-0.3, -0.25) is 14.4 Å². The van der Waals surface area contributed by atoms with E-state index in [9.17, 15) is 24.0 Å². The fourth-order valence-corrected chi connectivity index (χ4v) is 4.46. The van der Waals surface area contributed by atoms with E-state index in [-0.39, 0.29) is 44.4 Å². The maximum Gasteiger partial charge on any atom is 0.329 e. The highest BCUT2D eigenvalue weighted by Gasteiger charge is 2.26. The van der Waals surface area contributed by atoms with Crippen LogP contribution in [0.15, 0.2) is 48.5 Å². The quantitative estimate of drug-likeness (QED) is 0.102. The standard InChI is InChI=1S/C36H51N3O11/c1-5-20-47-21-22-48-25-33(41)37-19-7-6-8-31(26(2)40)38-36(44)39-32(35(43)50-24-28-11-15-30(46-4)16-12-28)17-18-34(42)49-23-27-9-13-29(45-3)14-10-27/h9-16,31-32H,5-8,17-25H2,1-4H3,(H,37,41)(H2,38,39,44)/t31-,32-/m0/s1. The molecule has 0 saturated heterocycles. The molecule has 0 radical (unpaired) electrons. The molecule has 2 rings (SSSR count). The molecule has 0 unspecified atom stereocenters. The van der Waals surface area contributed by atoms with Crippen molar-refractivity contribution in [3.05, 3.63) is 59.7 Å². The van der Waals surface area contributed by atoms with Crippen LogP contribution in [0.4, 0.5) is 4.79 Å². The minimum Gasteiger partial charge on any atom is -0.497 e. The number of ether oxygens (including phenoxy) is 6. The lowest BCUT2D eigenvalue weighted by atomic mass is 10.1. The molecule has 14 nitrogen and oxygen atoms in total. The molecule has 0 fully saturated rings. The van der Waals surface area contributed by atoms with Gasteiger partial charge in [-0.05, 0) is 74.4 Å². The Morgan fingerprint density at radius 3 is 1.86 bits per heavy atom. The molecular weight excluding hydrogens is 650 g/mol. The third-order valence-electron chi connectivity index (χ3n) is 7.32. The Kier molecular flexibility index (Phi) is 20.3. The zero-order valence-electron chi connectivity index (χ0n) is 29.5. The molecule has 2 aromatic carbocycles. The van der Waals surface area contributed by atoms with Crippen LogP contribution < -0.4 is 25.4 Å². The van der Waals surface area contributed by atoms with Crippen LogP contribution in [0, 0.1) is 0 Å².